The number of thioether (sulfide) groups is 2. The molecular formula is C21H16N4O4S2. The number of rotatable bonds is 5. The first-order chi connectivity index (χ1) is 15.2. The summed E-state index contributed by atoms with van der Waals surface area (Å²) in [6, 6.07) is 14.9. The molecule has 10 heteroatoms. The standard InChI is InChI=1S/C21H16N4O4S2/c22-18-15(10-13-6-7-16-17(11-13)29-12-28-16)19(26)23-20-25(18)24-21(31-20)30-9-8-27-14-4-2-1-3-5-14/h1-7,10-11,22H,8-9,12H2/b15-10-,22-18?. The number of fused-ring (bicyclic) bond motifs is 2. The second-order valence-corrected chi connectivity index (χ2v) is 8.81. The topological polar surface area (TPSA) is 96.6 Å². The fourth-order valence-corrected chi connectivity index (χ4v) is 4.82. The Balaban J connectivity index is 1.25. The number of benzene rings is 2. The zero-order valence-electron chi connectivity index (χ0n) is 16.1. The molecule has 8 nitrogen and oxygen atoms in total. The van der Waals surface area contributed by atoms with Gasteiger partial charge in [-0.1, -0.05) is 36.0 Å². The lowest BCUT2D eigenvalue weighted by Gasteiger charge is -2.20. The number of hydrazone groups is 1. The summed E-state index contributed by atoms with van der Waals surface area (Å²) in [5.41, 5.74) is 0.894. The minimum Gasteiger partial charge on any atom is -0.493 e. The van der Waals surface area contributed by atoms with E-state index in [4.69, 9.17) is 19.6 Å². The number of nitrogens with zero attached hydrogens (tertiary/aromatic N) is 3. The highest BCUT2D eigenvalue weighted by atomic mass is 32.2. The monoisotopic (exact) mass is 452 g/mol. The molecule has 1 amide bonds. The molecule has 3 aliphatic heterocycles. The van der Waals surface area contributed by atoms with Crippen molar-refractivity contribution in [2.24, 2.45) is 10.1 Å². The molecule has 0 atom stereocenters. The molecule has 3 aliphatic rings. The molecular weight excluding hydrogens is 436 g/mol. The van der Waals surface area contributed by atoms with Crippen LogP contribution in [0.5, 0.6) is 17.2 Å². The summed E-state index contributed by atoms with van der Waals surface area (Å²) in [5.74, 6) is 2.30. The number of hydrogen-bond donors (Lipinski definition) is 1. The molecule has 0 saturated carbocycles. The first kappa shape index (κ1) is 19.7. The minimum absolute atomic E-state index is 0.00342. The van der Waals surface area contributed by atoms with Crippen LogP contribution in [0, 0.1) is 5.41 Å². The van der Waals surface area contributed by atoms with E-state index in [1.807, 2.05) is 30.3 Å². The molecule has 0 aromatic heterocycles. The smallest absolute Gasteiger partial charge is 0.283 e. The molecule has 5 rings (SSSR count). The lowest BCUT2D eigenvalue weighted by atomic mass is 10.1. The summed E-state index contributed by atoms with van der Waals surface area (Å²) in [5, 5.41) is 14.7. The molecule has 0 bridgehead atoms. The first-order valence-electron chi connectivity index (χ1n) is 9.38. The molecule has 1 N–H and O–H groups in total. The molecule has 2 aromatic carbocycles. The van der Waals surface area contributed by atoms with Crippen molar-refractivity contribution < 1.29 is 19.0 Å². The van der Waals surface area contributed by atoms with Crippen LogP contribution in [0.25, 0.3) is 6.08 Å². The number of carbonyl (C=O) groups excluding carboxylic acids is 1. The fraction of sp³-hybridized carbons (Fsp3) is 0.143. The maximum Gasteiger partial charge on any atom is 0.283 e. The molecule has 0 radical (unpaired) electrons. The average molecular weight is 453 g/mol. The predicted octanol–water partition coefficient (Wildman–Crippen LogP) is 3.80. The van der Waals surface area contributed by atoms with Crippen molar-refractivity contribution in [2.45, 2.75) is 0 Å². The Morgan fingerprint density at radius 3 is 2.90 bits per heavy atom. The maximum atomic E-state index is 12.5. The summed E-state index contributed by atoms with van der Waals surface area (Å²) in [6.07, 6.45) is 1.62. The van der Waals surface area contributed by atoms with Gasteiger partial charge in [0, 0.05) is 5.75 Å². The van der Waals surface area contributed by atoms with Gasteiger partial charge in [0.15, 0.2) is 21.7 Å². The van der Waals surface area contributed by atoms with Gasteiger partial charge < -0.3 is 14.2 Å². The van der Waals surface area contributed by atoms with E-state index >= 15 is 0 Å². The van der Waals surface area contributed by atoms with Crippen molar-refractivity contribution in [3.05, 3.63) is 59.7 Å². The predicted molar refractivity (Wildman–Crippen MR) is 122 cm³/mol. The Labute approximate surface area is 186 Å². The molecule has 0 fully saturated rings. The third kappa shape index (κ3) is 4.17. The average Bonchev–Trinajstić information content (AvgIpc) is 3.41. The Morgan fingerprint density at radius 2 is 2.03 bits per heavy atom. The highest BCUT2D eigenvalue weighted by Gasteiger charge is 2.35. The van der Waals surface area contributed by atoms with Crippen molar-refractivity contribution in [1.82, 2.24) is 5.01 Å². The van der Waals surface area contributed by atoms with Crippen molar-refractivity contribution in [3.63, 3.8) is 0 Å². The van der Waals surface area contributed by atoms with Crippen molar-refractivity contribution in [1.29, 1.82) is 5.41 Å². The van der Waals surface area contributed by atoms with Crippen LogP contribution in [0.2, 0.25) is 0 Å². The largest absolute Gasteiger partial charge is 0.493 e. The molecule has 2 aromatic rings. The van der Waals surface area contributed by atoms with E-state index in [0.29, 0.717) is 29.0 Å². The Bertz CT molecular complexity index is 1150. The van der Waals surface area contributed by atoms with E-state index in [2.05, 4.69) is 10.1 Å². The third-order valence-corrected chi connectivity index (χ3v) is 6.47. The van der Waals surface area contributed by atoms with Gasteiger partial charge in [0.2, 0.25) is 12.0 Å². The summed E-state index contributed by atoms with van der Waals surface area (Å²) in [7, 11) is 0. The van der Waals surface area contributed by atoms with Gasteiger partial charge in [-0.25, -0.2) is 0 Å². The third-order valence-electron chi connectivity index (χ3n) is 4.46. The number of aliphatic imine (C=N–C) groups is 1. The molecule has 31 heavy (non-hydrogen) atoms. The first-order valence-corrected chi connectivity index (χ1v) is 11.2. The number of amidine groups is 2. The summed E-state index contributed by atoms with van der Waals surface area (Å²) >= 11 is 2.78. The minimum atomic E-state index is -0.463. The van der Waals surface area contributed by atoms with Gasteiger partial charge in [-0.15, -0.1) is 5.10 Å². The number of ether oxygens (including phenoxy) is 3. The number of hydrogen-bond acceptors (Lipinski definition) is 8. The highest BCUT2D eigenvalue weighted by Crippen LogP contribution is 2.35. The van der Waals surface area contributed by atoms with Gasteiger partial charge in [0.05, 0.1) is 12.2 Å². The van der Waals surface area contributed by atoms with Gasteiger partial charge >= 0.3 is 0 Å². The number of amides is 1. The van der Waals surface area contributed by atoms with Crippen LogP contribution >= 0.6 is 23.5 Å². The van der Waals surface area contributed by atoms with E-state index in [9.17, 15) is 4.79 Å². The van der Waals surface area contributed by atoms with E-state index in [1.54, 1.807) is 24.3 Å². The van der Waals surface area contributed by atoms with E-state index in [1.165, 1.54) is 28.5 Å². The van der Waals surface area contributed by atoms with Crippen molar-refractivity contribution in [3.8, 4) is 17.2 Å². The van der Waals surface area contributed by atoms with Gasteiger partial charge in [0.25, 0.3) is 5.91 Å². The van der Waals surface area contributed by atoms with Crippen LogP contribution in [0.4, 0.5) is 0 Å². The van der Waals surface area contributed by atoms with E-state index in [0.717, 1.165) is 15.7 Å². The van der Waals surface area contributed by atoms with E-state index < -0.39 is 5.91 Å². The van der Waals surface area contributed by atoms with Crippen LogP contribution in [-0.2, 0) is 4.79 Å². The molecule has 0 unspecified atom stereocenters. The Hall–Kier alpha value is -3.24. The van der Waals surface area contributed by atoms with E-state index in [-0.39, 0.29) is 18.2 Å². The summed E-state index contributed by atoms with van der Waals surface area (Å²) in [4.78, 5) is 16.7. The van der Waals surface area contributed by atoms with Crippen LogP contribution in [0.15, 0.2) is 64.2 Å². The summed E-state index contributed by atoms with van der Waals surface area (Å²) in [6.45, 7) is 0.695. The number of nitrogens with one attached hydrogen (secondary N) is 1. The zero-order valence-corrected chi connectivity index (χ0v) is 17.7. The quantitative estimate of drug-likeness (QED) is 0.544. The normalized spacial score (nSPS) is 18.2. The Kier molecular flexibility index (Phi) is 5.39. The molecule has 3 heterocycles. The molecule has 156 valence electrons. The lowest BCUT2D eigenvalue weighted by Crippen LogP contribution is -2.35. The fourth-order valence-electron chi connectivity index (χ4n) is 3.01. The second-order valence-electron chi connectivity index (χ2n) is 6.51. The number of carbonyl (C=O) groups is 1. The highest BCUT2D eigenvalue weighted by molar-refractivity contribution is 8.45. The van der Waals surface area contributed by atoms with Gasteiger partial charge in [-0.2, -0.15) is 10.0 Å². The second kappa shape index (κ2) is 8.48. The van der Waals surface area contributed by atoms with Crippen LogP contribution in [0.1, 0.15) is 5.56 Å². The number of para-hydroxylation sites is 1. The molecule has 0 saturated heterocycles. The van der Waals surface area contributed by atoms with Gasteiger partial charge in [-0.3, -0.25) is 10.2 Å². The molecule has 0 aliphatic carbocycles. The van der Waals surface area contributed by atoms with Crippen molar-refractivity contribution in [2.75, 3.05) is 19.2 Å². The van der Waals surface area contributed by atoms with Crippen LogP contribution < -0.4 is 14.2 Å². The Morgan fingerprint density at radius 1 is 1.19 bits per heavy atom. The van der Waals surface area contributed by atoms with Gasteiger partial charge in [0.1, 0.15) is 5.75 Å². The molecule has 0 spiro atoms. The zero-order chi connectivity index (χ0) is 21.2. The van der Waals surface area contributed by atoms with Gasteiger partial charge in [-0.05, 0) is 47.7 Å². The lowest BCUT2D eigenvalue weighted by molar-refractivity contribution is -0.114. The van der Waals surface area contributed by atoms with Crippen molar-refractivity contribution >= 4 is 50.9 Å². The van der Waals surface area contributed by atoms with Crippen LogP contribution in [0.3, 0.4) is 0 Å². The SMILES string of the molecule is N=C1/C(=C/c2ccc3c(c2)OCO3)C(=O)N=C2SC(SCCOc3ccccc3)=NN12. The maximum absolute atomic E-state index is 12.5. The summed E-state index contributed by atoms with van der Waals surface area (Å²) < 4.78 is 17.1. The van der Waals surface area contributed by atoms with Crippen LogP contribution in [-0.4, -0.2) is 45.4 Å².